The first kappa shape index (κ1) is 12.3. The standard InChI is InChI=1S/C14H16N4S/c1-9-11-7-8-12(17-10-5-3-2-4-6-10)19-13(11)18-14(15)16-9/h2-6,12,17H,7-8H2,1H3,(H2,15,16,18). The Morgan fingerprint density at radius 2 is 2.05 bits per heavy atom. The largest absolute Gasteiger partial charge is 0.373 e. The van der Waals surface area contributed by atoms with Crippen molar-refractivity contribution in [1.82, 2.24) is 9.97 Å². The molecule has 3 N–H and O–H groups in total. The normalized spacial score (nSPS) is 17.8. The lowest BCUT2D eigenvalue weighted by atomic mass is 10.1. The average Bonchev–Trinajstić information content (AvgIpc) is 2.39. The van der Waals surface area contributed by atoms with Crippen LogP contribution >= 0.6 is 11.8 Å². The molecule has 98 valence electrons. The van der Waals surface area contributed by atoms with Gasteiger partial charge in [-0.15, -0.1) is 0 Å². The number of aryl methyl sites for hydroxylation is 1. The number of anilines is 2. The van der Waals surface area contributed by atoms with Crippen LogP contribution in [0.5, 0.6) is 0 Å². The Bertz CT molecular complexity index is 585. The van der Waals surface area contributed by atoms with Crippen LogP contribution in [0.2, 0.25) is 0 Å². The van der Waals surface area contributed by atoms with E-state index in [2.05, 4.69) is 27.4 Å². The monoisotopic (exact) mass is 272 g/mol. The minimum atomic E-state index is 0.337. The number of nitrogens with two attached hydrogens (primary N) is 1. The summed E-state index contributed by atoms with van der Waals surface area (Å²) in [6.07, 6.45) is 2.07. The van der Waals surface area contributed by atoms with Crippen LogP contribution in [0.1, 0.15) is 17.7 Å². The summed E-state index contributed by atoms with van der Waals surface area (Å²) in [6, 6.07) is 10.2. The molecule has 0 radical (unpaired) electrons. The SMILES string of the molecule is Cc1nc(N)nc2c1CCC(Nc1ccccc1)S2. The van der Waals surface area contributed by atoms with E-state index in [9.17, 15) is 0 Å². The van der Waals surface area contributed by atoms with Crippen molar-refractivity contribution >= 4 is 23.4 Å². The van der Waals surface area contributed by atoms with Gasteiger partial charge in [0.2, 0.25) is 5.95 Å². The van der Waals surface area contributed by atoms with Gasteiger partial charge in [0, 0.05) is 16.9 Å². The number of hydrogen-bond donors (Lipinski definition) is 2. The molecule has 0 spiro atoms. The zero-order valence-corrected chi connectivity index (χ0v) is 11.6. The van der Waals surface area contributed by atoms with Gasteiger partial charge in [0.05, 0.1) is 5.37 Å². The predicted molar refractivity (Wildman–Crippen MR) is 79.2 cm³/mol. The molecule has 0 bridgehead atoms. The summed E-state index contributed by atoms with van der Waals surface area (Å²) in [7, 11) is 0. The zero-order valence-electron chi connectivity index (χ0n) is 10.8. The van der Waals surface area contributed by atoms with Crippen LogP contribution in [0.3, 0.4) is 0 Å². The Hall–Kier alpha value is -1.75. The van der Waals surface area contributed by atoms with Gasteiger partial charge in [-0.2, -0.15) is 0 Å². The van der Waals surface area contributed by atoms with Crippen molar-refractivity contribution in [2.24, 2.45) is 0 Å². The second-order valence-electron chi connectivity index (χ2n) is 4.61. The van der Waals surface area contributed by atoms with Crippen LogP contribution in [-0.2, 0) is 6.42 Å². The molecule has 0 saturated heterocycles. The number of benzene rings is 1. The number of fused-ring (bicyclic) bond motifs is 1. The molecule has 1 aliphatic rings. The fourth-order valence-electron chi connectivity index (χ4n) is 2.27. The fourth-order valence-corrected chi connectivity index (χ4v) is 3.51. The Kier molecular flexibility index (Phi) is 3.29. The number of nitrogens with one attached hydrogen (secondary N) is 1. The summed E-state index contributed by atoms with van der Waals surface area (Å²) in [6.45, 7) is 2.00. The van der Waals surface area contributed by atoms with Gasteiger partial charge in [-0.05, 0) is 31.9 Å². The van der Waals surface area contributed by atoms with Gasteiger partial charge in [-0.1, -0.05) is 30.0 Å². The highest BCUT2D eigenvalue weighted by molar-refractivity contribution is 8.00. The molecule has 0 fully saturated rings. The maximum absolute atomic E-state index is 5.72. The van der Waals surface area contributed by atoms with Crippen molar-refractivity contribution < 1.29 is 0 Å². The third kappa shape index (κ3) is 2.66. The highest BCUT2D eigenvalue weighted by Gasteiger charge is 2.22. The molecule has 1 aliphatic heterocycles. The molecule has 1 aromatic carbocycles. The van der Waals surface area contributed by atoms with Gasteiger partial charge in [-0.3, -0.25) is 0 Å². The molecular formula is C14H16N4S. The van der Waals surface area contributed by atoms with E-state index in [4.69, 9.17) is 5.73 Å². The zero-order chi connectivity index (χ0) is 13.2. The first-order chi connectivity index (χ1) is 9.22. The minimum absolute atomic E-state index is 0.337. The van der Waals surface area contributed by atoms with Crippen LogP contribution in [0.4, 0.5) is 11.6 Å². The van der Waals surface area contributed by atoms with E-state index in [1.165, 1.54) is 5.56 Å². The van der Waals surface area contributed by atoms with Crippen LogP contribution < -0.4 is 11.1 Å². The molecule has 19 heavy (non-hydrogen) atoms. The van der Waals surface area contributed by atoms with Gasteiger partial charge < -0.3 is 11.1 Å². The van der Waals surface area contributed by atoms with Gasteiger partial charge >= 0.3 is 0 Å². The summed E-state index contributed by atoms with van der Waals surface area (Å²) in [5.74, 6) is 0.365. The Balaban J connectivity index is 1.79. The van der Waals surface area contributed by atoms with Gasteiger partial charge in [-0.25, -0.2) is 9.97 Å². The average molecular weight is 272 g/mol. The fraction of sp³-hybridized carbons (Fsp3) is 0.286. The van der Waals surface area contributed by atoms with Gasteiger partial charge in [0.1, 0.15) is 5.03 Å². The van der Waals surface area contributed by atoms with E-state index >= 15 is 0 Å². The van der Waals surface area contributed by atoms with Crippen molar-refractivity contribution in [2.45, 2.75) is 30.2 Å². The Morgan fingerprint density at radius 3 is 2.84 bits per heavy atom. The first-order valence-corrected chi connectivity index (χ1v) is 7.21. The minimum Gasteiger partial charge on any atom is -0.373 e. The molecule has 0 saturated carbocycles. The maximum atomic E-state index is 5.72. The molecule has 1 aromatic heterocycles. The predicted octanol–water partition coefficient (Wildman–Crippen LogP) is 2.84. The Morgan fingerprint density at radius 1 is 1.26 bits per heavy atom. The van der Waals surface area contributed by atoms with E-state index in [0.717, 1.165) is 29.2 Å². The van der Waals surface area contributed by atoms with Crippen LogP contribution in [0.15, 0.2) is 35.4 Å². The molecule has 0 aliphatic carbocycles. The van der Waals surface area contributed by atoms with Gasteiger partial charge in [0.25, 0.3) is 0 Å². The number of rotatable bonds is 2. The lowest BCUT2D eigenvalue weighted by Gasteiger charge is -2.25. The second kappa shape index (κ2) is 5.09. The number of hydrogen-bond acceptors (Lipinski definition) is 5. The van der Waals surface area contributed by atoms with E-state index in [1.54, 1.807) is 11.8 Å². The van der Waals surface area contributed by atoms with Crippen LogP contribution in [0.25, 0.3) is 0 Å². The van der Waals surface area contributed by atoms with Crippen molar-refractivity contribution in [3.8, 4) is 0 Å². The topological polar surface area (TPSA) is 63.8 Å². The number of para-hydroxylation sites is 1. The molecule has 1 atom stereocenters. The summed E-state index contributed by atoms with van der Waals surface area (Å²) in [5, 5.41) is 4.88. The second-order valence-corrected chi connectivity index (χ2v) is 5.80. The van der Waals surface area contributed by atoms with Crippen molar-refractivity contribution in [1.29, 1.82) is 0 Å². The van der Waals surface area contributed by atoms with E-state index < -0.39 is 0 Å². The Labute approximate surface area is 116 Å². The summed E-state index contributed by atoms with van der Waals surface area (Å²) < 4.78 is 0. The smallest absolute Gasteiger partial charge is 0.221 e. The quantitative estimate of drug-likeness (QED) is 0.823. The van der Waals surface area contributed by atoms with Crippen molar-refractivity contribution in [2.75, 3.05) is 11.1 Å². The first-order valence-electron chi connectivity index (χ1n) is 6.33. The third-order valence-electron chi connectivity index (χ3n) is 3.21. The molecule has 5 heteroatoms. The molecule has 2 heterocycles. The van der Waals surface area contributed by atoms with Crippen LogP contribution in [0, 0.1) is 6.92 Å². The third-order valence-corrected chi connectivity index (χ3v) is 4.40. The molecule has 3 rings (SSSR count). The molecule has 0 amide bonds. The summed E-state index contributed by atoms with van der Waals surface area (Å²) >= 11 is 1.74. The molecule has 4 nitrogen and oxygen atoms in total. The van der Waals surface area contributed by atoms with Gasteiger partial charge in [0.15, 0.2) is 0 Å². The van der Waals surface area contributed by atoms with E-state index in [1.807, 2.05) is 25.1 Å². The summed E-state index contributed by atoms with van der Waals surface area (Å²) in [4.78, 5) is 8.58. The molecule has 2 aromatic rings. The van der Waals surface area contributed by atoms with Crippen LogP contribution in [-0.4, -0.2) is 15.3 Å². The number of nitrogens with zero attached hydrogens (tertiary/aromatic N) is 2. The lowest BCUT2D eigenvalue weighted by Crippen LogP contribution is -2.22. The number of nitrogen functional groups attached to an aromatic ring is 1. The van der Waals surface area contributed by atoms with Crippen molar-refractivity contribution in [3.63, 3.8) is 0 Å². The molecule has 1 unspecified atom stereocenters. The number of aromatic nitrogens is 2. The summed E-state index contributed by atoms with van der Waals surface area (Å²) in [5.41, 5.74) is 9.11. The van der Waals surface area contributed by atoms with E-state index in [0.29, 0.717) is 11.3 Å². The highest BCUT2D eigenvalue weighted by atomic mass is 32.2. The highest BCUT2D eigenvalue weighted by Crippen LogP contribution is 2.35. The van der Waals surface area contributed by atoms with E-state index in [-0.39, 0.29) is 0 Å². The molecular weight excluding hydrogens is 256 g/mol. The number of thioether (sulfide) groups is 1. The lowest BCUT2D eigenvalue weighted by molar-refractivity contribution is 0.755. The van der Waals surface area contributed by atoms with Crippen molar-refractivity contribution in [3.05, 3.63) is 41.6 Å². The maximum Gasteiger partial charge on any atom is 0.221 e.